The van der Waals surface area contributed by atoms with E-state index in [2.05, 4.69) is 15.6 Å². The van der Waals surface area contributed by atoms with E-state index in [1.807, 2.05) is 32.9 Å². The highest BCUT2D eigenvalue weighted by Gasteiger charge is 2.12. The van der Waals surface area contributed by atoms with E-state index in [4.69, 9.17) is 11.6 Å². The van der Waals surface area contributed by atoms with Crippen LogP contribution in [0.4, 0.5) is 5.69 Å². The van der Waals surface area contributed by atoms with Gasteiger partial charge in [0, 0.05) is 10.7 Å². The summed E-state index contributed by atoms with van der Waals surface area (Å²) >= 11 is 5.93. The van der Waals surface area contributed by atoms with Crippen LogP contribution in [0.3, 0.4) is 0 Å². The zero-order chi connectivity index (χ0) is 21.1. The lowest BCUT2D eigenvalue weighted by molar-refractivity contribution is -0.124. The van der Waals surface area contributed by atoms with Gasteiger partial charge in [-0.25, -0.2) is 4.98 Å². The highest BCUT2D eigenvalue weighted by Crippen LogP contribution is 2.21. The maximum Gasteiger partial charge on any atom is 0.261 e. The molecule has 2 N–H and O–H groups in total. The van der Waals surface area contributed by atoms with Crippen LogP contribution in [0, 0.1) is 20.8 Å². The number of carbonyl (C=O) groups excluding carboxylic acids is 2. The molecule has 0 aliphatic heterocycles. The molecule has 1 heterocycles. The molecule has 3 aromatic rings. The molecule has 0 spiro atoms. The molecule has 2 aromatic carbocycles. The average Bonchev–Trinajstić information content (AvgIpc) is 2.65. The van der Waals surface area contributed by atoms with E-state index >= 15 is 0 Å². The predicted molar refractivity (Wildman–Crippen MR) is 113 cm³/mol. The number of rotatable bonds is 5. The second-order valence-corrected chi connectivity index (χ2v) is 7.37. The minimum atomic E-state index is -0.470. The number of halogens is 1. The van der Waals surface area contributed by atoms with E-state index in [0.29, 0.717) is 15.9 Å². The number of amides is 2. The second-order valence-electron chi connectivity index (χ2n) is 6.94. The van der Waals surface area contributed by atoms with E-state index < -0.39 is 5.91 Å². The first kappa shape index (κ1) is 20.5. The Bertz CT molecular complexity index is 1150. The first-order valence-corrected chi connectivity index (χ1v) is 9.41. The van der Waals surface area contributed by atoms with Crippen LogP contribution in [-0.2, 0) is 16.1 Å². The van der Waals surface area contributed by atoms with Crippen LogP contribution in [0.2, 0.25) is 5.02 Å². The van der Waals surface area contributed by atoms with Gasteiger partial charge in [-0.3, -0.25) is 19.0 Å². The van der Waals surface area contributed by atoms with Crippen molar-refractivity contribution in [2.75, 3.05) is 11.9 Å². The van der Waals surface area contributed by atoms with Gasteiger partial charge in [0.15, 0.2) is 0 Å². The molecule has 150 valence electrons. The van der Waals surface area contributed by atoms with E-state index in [1.165, 1.54) is 17.0 Å². The van der Waals surface area contributed by atoms with Gasteiger partial charge >= 0.3 is 0 Å². The fourth-order valence-electron chi connectivity index (χ4n) is 3.19. The number of fused-ring (bicyclic) bond motifs is 1. The molecule has 3 rings (SSSR count). The summed E-state index contributed by atoms with van der Waals surface area (Å²) in [5, 5.41) is 6.08. The molecule has 0 saturated carbocycles. The number of hydrogen-bond acceptors (Lipinski definition) is 4. The molecular formula is C21H21ClN4O3. The molecular weight excluding hydrogens is 392 g/mol. The Kier molecular flexibility index (Phi) is 5.98. The van der Waals surface area contributed by atoms with Crippen LogP contribution in [0.25, 0.3) is 10.9 Å². The summed E-state index contributed by atoms with van der Waals surface area (Å²) < 4.78 is 1.18. The summed E-state index contributed by atoms with van der Waals surface area (Å²) in [6.45, 7) is 5.37. The molecule has 0 unspecified atom stereocenters. The van der Waals surface area contributed by atoms with E-state index in [-0.39, 0.29) is 24.6 Å². The van der Waals surface area contributed by atoms with Gasteiger partial charge in [0.25, 0.3) is 5.56 Å². The molecule has 7 nitrogen and oxygen atoms in total. The van der Waals surface area contributed by atoms with Gasteiger partial charge in [-0.1, -0.05) is 29.3 Å². The summed E-state index contributed by atoms with van der Waals surface area (Å²) in [6.07, 6.45) is 1.30. The lowest BCUT2D eigenvalue weighted by Crippen LogP contribution is -2.37. The van der Waals surface area contributed by atoms with Crippen molar-refractivity contribution in [2.45, 2.75) is 27.3 Å². The number of aromatic nitrogens is 2. The van der Waals surface area contributed by atoms with Gasteiger partial charge < -0.3 is 10.6 Å². The Hall–Kier alpha value is -3.19. The monoisotopic (exact) mass is 412 g/mol. The van der Waals surface area contributed by atoms with Crippen LogP contribution in [0.1, 0.15) is 16.7 Å². The summed E-state index contributed by atoms with van der Waals surface area (Å²) in [7, 11) is 0. The van der Waals surface area contributed by atoms with Crippen LogP contribution >= 0.6 is 11.6 Å². The fourth-order valence-corrected chi connectivity index (χ4v) is 3.37. The SMILES string of the molecule is Cc1cc(C)c(NC(=O)CNC(=O)Cn2cnc3ccc(Cl)cc3c2=O)c(C)c1. The largest absolute Gasteiger partial charge is 0.345 e. The van der Waals surface area contributed by atoms with Crippen LogP contribution in [-0.4, -0.2) is 27.9 Å². The number of carbonyl (C=O) groups is 2. The Labute approximate surface area is 172 Å². The number of anilines is 1. The van der Waals surface area contributed by atoms with Crippen LogP contribution < -0.4 is 16.2 Å². The lowest BCUT2D eigenvalue weighted by Gasteiger charge is -2.13. The van der Waals surface area contributed by atoms with Crippen molar-refractivity contribution in [3.05, 3.63) is 68.7 Å². The molecule has 0 bridgehead atoms. The molecule has 0 atom stereocenters. The standard InChI is InChI=1S/C21H21ClN4O3/c1-12-6-13(2)20(14(3)7-12)25-18(27)9-23-19(28)10-26-11-24-17-5-4-15(22)8-16(17)21(26)29/h4-8,11H,9-10H2,1-3H3,(H,23,28)(H,25,27). The van der Waals surface area contributed by atoms with Crippen LogP contribution in [0.15, 0.2) is 41.5 Å². The Morgan fingerprint density at radius 2 is 1.76 bits per heavy atom. The minimum Gasteiger partial charge on any atom is -0.345 e. The molecule has 0 aliphatic carbocycles. The average molecular weight is 413 g/mol. The molecule has 0 radical (unpaired) electrons. The van der Waals surface area contributed by atoms with Crippen molar-refractivity contribution in [2.24, 2.45) is 0 Å². The maximum absolute atomic E-state index is 12.5. The topological polar surface area (TPSA) is 93.1 Å². The van der Waals surface area contributed by atoms with E-state index in [0.717, 1.165) is 22.4 Å². The molecule has 1 aromatic heterocycles. The normalized spacial score (nSPS) is 10.8. The van der Waals surface area contributed by atoms with Gasteiger partial charge in [-0.2, -0.15) is 0 Å². The van der Waals surface area contributed by atoms with E-state index in [9.17, 15) is 14.4 Å². The van der Waals surface area contributed by atoms with Gasteiger partial charge in [-0.05, 0) is 50.1 Å². The molecule has 8 heteroatoms. The minimum absolute atomic E-state index is 0.201. The number of benzene rings is 2. The summed E-state index contributed by atoms with van der Waals surface area (Å²) in [5.74, 6) is -0.813. The number of aryl methyl sites for hydroxylation is 3. The highest BCUT2D eigenvalue weighted by molar-refractivity contribution is 6.31. The number of nitrogens with one attached hydrogen (secondary N) is 2. The molecule has 2 amide bonds. The zero-order valence-corrected chi connectivity index (χ0v) is 17.1. The Morgan fingerprint density at radius 3 is 2.45 bits per heavy atom. The van der Waals surface area contributed by atoms with Gasteiger partial charge in [0.05, 0.1) is 23.8 Å². The lowest BCUT2D eigenvalue weighted by atomic mass is 10.1. The first-order chi connectivity index (χ1) is 13.7. The predicted octanol–water partition coefficient (Wildman–Crippen LogP) is 2.73. The van der Waals surface area contributed by atoms with Gasteiger partial charge in [-0.15, -0.1) is 0 Å². The number of hydrogen-bond donors (Lipinski definition) is 2. The quantitative estimate of drug-likeness (QED) is 0.673. The van der Waals surface area contributed by atoms with Crippen molar-refractivity contribution in [1.82, 2.24) is 14.9 Å². The molecule has 0 saturated heterocycles. The summed E-state index contributed by atoms with van der Waals surface area (Å²) in [5.41, 5.74) is 3.88. The second kappa shape index (κ2) is 8.45. The van der Waals surface area contributed by atoms with E-state index in [1.54, 1.807) is 12.1 Å². The summed E-state index contributed by atoms with van der Waals surface area (Å²) in [4.78, 5) is 41.1. The Balaban J connectivity index is 1.63. The summed E-state index contributed by atoms with van der Waals surface area (Å²) in [6, 6.07) is 8.76. The van der Waals surface area contributed by atoms with Crippen molar-refractivity contribution < 1.29 is 9.59 Å². The molecule has 29 heavy (non-hydrogen) atoms. The van der Waals surface area contributed by atoms with Crippen molar-refractivity contribution in [3.8, 4) is 0 Å². The zero-order valence-electron chi connectivity index (χ0n) is 16.4. The van der Waals surface area contributed by atoms with Gasteiger partial charge in [0.1, 0.15) is 6.54 Å². The van der Waals surface area contributed by atoms with Crippen LogP contribution in [0.5, 0.6) is 0 Å². The first-order valence-electron chi connectivity index (χ1n) is 9.03. The molecule has 0 aliphatic rings. The van der Waals surface area contributed by atoms with Crippen molar-refractivity contribution >= 4 is 40.0 Å². The van der Waals surface area contributed by atoms with Crippen molar-refractivity contribution in [1.29, 1.82) is 0 Å². The van der Waals surface area contributed by atoms with Gasteiger partial charge in [0.2, 0.25) is 11.8 Å². The smallest absolute Gasteiger partial charge is 0.261 e. The fraction of sp³-hybridized carbons (Fsp3) is 0.238. The Morgan fingerprint density at radius 1 is 1.07 bits per heavy atom. The number of nitrogens with zero attached hydrogens (tertiary/aromatic N) is 2. The third kappa shape index (κ3) is 4.81. The highest BCUT2D eigenvalue weighted by atomic mass is 35.5. The van der Waals surface area contributed by atoms with Crippen molar-refractivity contribution in [3.63, 3.8) is 0 Å². The third-order valence-electron chi connectivity index (χ3n) is 4.49. The third-order valence-corrected chi connectivity index (χ3v) is 4.72. The molecule has 0 fully saturated rings. The maximum atomic E-state index is 12.5.